The van der Waals surface area contributed by atoms with E-state index in [-0.39, 0.29) is 24.4 Å². The Balaban J connectivity index is 1.96. The molecule has 1 atom stereocenters. The van der Waals surface area contributed by atoms with Crippen LogP contribution in [0.25, 0.3) is 0 Å². The van der Waals surface area contributed by atoms with Gasteiger partial charge in [0.15, 0.2) is 0 Å². The summed E-state index contributed by atoms with van der Waals surface area (Å²) in [6.45, 7) is 4.29. The lowest BCUT2D eigenvalue weighted by molar-refractivity contribution is -0.145. The van der Waals surface area contributed by atoms with Gasteiger partial charge in [-0.1, -0.05) is 50.3 Å². The van der Waals surface area contributed by atoms with Crippen molar-refractivity contribution in [3.05, 3.63) is 59.7 Å². The summed E-state index contributed by atoms with van der Waals surface area (Å²) in [5, 5.41) is 2.80. The quantitative estimate of drug-likeness (QED) is 0.778. The Labute approximate surface area is 143 Å². The first-order valence-electron chi connectivity index (χ1n) is 8.44. The van der Waals surface area contributed by atoms with Crippen molar-refractivity contribution in [3.63, 3.8) is 0 Å². The maximum Gasteiger partial charge on any atom is 0.328 e. The molecule has 0 saturated carbocycles. The Morgan fingerprint density at radius 1 is 1.17 bits per heavy atom. The highest BCUT2D eigenvalue weighted by Crippen LogP contribution is 2.12. The lowest BCUT2D eigenvalue weighted by Crippen LogP contribution is -2.42. The molecule has 1 N–H and O–H groups in total. The van der Waals surface area contributed by atoms with Crippen LogP contribution in [0.4, 0.5) is 0 Å². The molecule has 0 radical (unpaired) electrons. The normalized spacial score (nSPS) is 14.9. The molecule has 2 rings (SSSR count). The molecule has 1 aromatic rings. The van der Waals surface area contributed by atoms with Crippen molar-refractivity contribution in [1.82, 2.24) is 5.32 Å². The minimum atomic E-state index is -0.633. The molecule has 0 saturated heterocycles. The van der Waals surface area contributed by atoms with E-state index in [9.17, 15) is 9.59 Å². The first-order chi connectivity index (χ1) is 11.6. The zero-order chi connectivity index (χ0) is 17.4. The molecular weight excluding hydrogens is 302 g/mol. The fourth-order valence-corrected chi connectivity index (χ4v) is 2.55. The summed E-state index contributed by atoms with van der Waals surface area (Å²) in [5.41, 5.74) is 1.55. The number of allylic oxidation sites excluding steroid dienone is 2. The highest BCUT2D eigenvalue weighted by molar-refractivity contribution is 5.96. The Morgan fingerprint density at radius 3 is 2.54 bits per heavy atom. The number of carbonyl (C=O) groups is 2. The van der Waals surface area contributed by atoms with E-state index in [4.69, 9.17) is 4.74 Å². The van der Waals surface area contributed by atoms with Gasteiger partial charge in [0.05, 0.1) is 0 Å². The summed E-state index contributed by atoms with van der Waals surface area (Å²) in [4.78, 5) is 24.7. The van der Waals surface area contributed by atoms with Crippen LogP contribution >= 0.6 is 0 Å². The molecule has 0 aromatic heterocycles. The summed E-state index contributed by atoms with van der Waals surface area (Å²) in [5.74, 6) is -0.366. The fourth-order valence-electron chi connectivity index (χ4n) is 2.55. The Bertz CT molecular complexity index is 617. The minimum Gasteiger partial charge on any atom is -0.459 e. The first kappa shape index (κ1) is 18.0. The van der Waals surface area contributed by atoms with E-state index in [1.165, 1.54) is 0 Å². The molecular formula is C20H25NO3. The average molecular weight is 327 g/mol. The largest absolute Gasteiger partial charge is 0.459 e. The van der Waals surface area contributed by atoms with Gasteiger partial charge >= 0.3 is 5.97 Å². The zero-order valence-electron chi connectivity index (χ0n) is 14.3. The van der Waals surface area contributed by atoms with Crippen LogP contribution in [0, 0.1) is 5.92 Å². The van der Waals surface area contributed by atoms with Crippen LogP contribution in [0.15, 0.2) is 54.1 Å². The molecule has 0 aliphatic heterocycles. The third-order valence-corrected chi connectivity index (χ3v) is 3.79. The fraction of sp³-hybridized carbons (Fsp3) is 0.400. The molecule has 1 aromatic carbocycles. The molecule has 128 valence electrons. The van der Waals surface area contributed by atoms with Gasteiger partial charge in [-0.25, -0.2) is 4.79 Å². The van der Waals surface area contributed by atoms with Crippen molar-refractivity contribution in [2.24, 2.45) is 5.92 Å². The maximum absolute atomic E-state index is 12.4. The number of rotatable bonds is 7. The van der Waals surface area contributed by atoms with Gasteiger partial charge < -0.3 is 10.1 Å². The molecule has 0 spiro atoms. The highest BCUT2D eigenvalue weighted by atomic mass is 16.5. The predicted molar refractivity (Wildman–Crippen MR) is 94.6 cm³/mol. The molecule has 4 heteroatoms. The van der Waals surface area contributed by atoms with Crippen molar-refractivity contribution in [2.45, 2.75) is 39.2 Å². The van der Waals surface area contributed by atoms with Crippen molar-refractivity contribution in [1.29, 1.82) is 0 Å². The number of hydrogen-bond acceptors (Lipinski definition) is 3. The first-order valence-corrected chi connectivity index (χ1v) is 8.44. The molecule has 0 heterocycles. The van der Waals surface area contributed by atoms with Crippen molar-refractivity contribution < 1.29 is 14.3 Å². The molecule has 4 nitrogen and oxygen atoms in total. The summed E-state index contributed by atoms with van der Waals surface area (Å²) in [6, 6.07) is 8.27. The smallest absolute Gasteiger partial charge is 0.328 e. The van der Waals surface area contributed by atoms with Crippen LogP contribution in [0.3, 0.4) is 0 Å². The van der Waals surface area contributed by atoms with Gasteiger partial charge in [0.1, 0.15) is 12.6 Å². The Hall–Kier alpha value is -2.36. The molecule has 0 fully saturated rings. The number of ether oxygens (including phenoxy) is 1. The topological polar surface area (TPSA) is 55.4 Å². The van der Waals surface area contributed by atoms with E-state index in [0.29, 0.717) is 12.0 Å². The van der Waals surface area contributed by atoms with Crippen molar-refractivity contribution in [2.75, 3.05) is 6.61 Å². The van der Waals surface area contributed by atoms with E-state index in [2.05, 4.69) is 17.5 Å². The zero-order valence-corrected chi connectivity index (χ0v) is 14.3. The number of amides is 1. The molecule has 1 aliphatic rings. The van der Waals surface area contributed by atoms with Gasteiger partial charge in [0.25, 0.3) is 5.91 Å². The molecule has 1 unspecified atom stereocenters. The van der Waals surface area contributed by atoms with Gasteiger partial charge in [-0.2, -0.15) is 0 Å². The summed E-state index contributed by atoms with van der Waals surface area (Å²) in [7, 11) is 0. The third-order valence-electron chi connectivity index (χ3n) is 3.79. The van der Waals surface area contributed by atoms with E-state index < -0.39 is 6.04 Å². The molecule has 1 amide bonds. The maximum atomic E-state index is 12.4. The van der Waals surface area contributed by atoms with Crippen LogP contribution in [-0.4, -0.2) is 24.5 Å². The van der Waals surface area contributed by atoms with E-state index in [0.717, 1.165) is 18.4 Å². The van der Waals surface area contributed by atoms with Crippen molar-refractivity contribution in [3.8, 4) is 0 Å². The number of carbonyl (C=O) groups excluding carboxylic acids is 2. The second-order valence-corrected chi connectivity index (χ2v) is 6.39. The highest BCUT2D eigenvalue weighted by Gasteiger charge is 2.24. The molecule has 1 aliphatic carbocycles. The average Bonchev–Trinajstić information content (AvgIpc) is 2.60. The third kappa shape index (κ3) is 5.69. The monoisotopic (exact) mass is 327 g/mol. The SMILES string of the molecule is CC(C)CC(NC(=O)c1ccccc1)C(=O)OCC1=CCCC=C1. The van der Waals surface area contributed by atoms with Crippen LogP contribution < -0.4 is 5.32 Å². The van der Waals surface area contributed by atoms with E-state index in [1.807, 2.05) is 26.0 Å². The lowest BCUT2D eigenvalue weighted by atomic mass is 10.0. The second kappa shape index (κ2) is 9.06. The summed E-state index contributed by atoms with van der Waals surface area (Å²) < 4.78 is 5.41. The van der Waals surface area contributed by atoms with Crippen molar-refractivity contribution >= 4 is 11.9 Å². The van der Waals surface area contributed by atoms with Gasteiger partial charge in [0, 0.05) is 5.56 Å². The number of nitrogens with one attached hydrogen (secondary N) is 1. The number of benzene rings is 1. The Kier molecular flexibility index (Phi) is 6.79. The standard InChI is InChI=1S/C20H25NO3/c1-15(2)13-18(21-19(22)17-11-7-4-8-12-17)20(23)24-14-16-9-5-3-6-10-16/h4-5,7-12,15,18H,3,6,13-14H2,1-2H3,(H,21,22). The molecule has 0 bridgehead atoms. The van der Waals surface area contributed by atoms with E-state index in [1.54, 1.807) is 24.3 Å². The van der Waals surface area contributed by atoms with Gasteiger partial charge in [-0.15, -0.1) is 0 Å². The van der Waals surface area contributed by atoms with Crippen LogP contribution in [-0.2, 0) is 9.53 Å². The van der Waals surface area contributed by atoms with Gasteiger partial charge in [-0.05, 0) is 42.9 Å². The van der Waals surface area contributed by atoms with Crippen LogP contribution in [0.2, 0.25) is 0 Å². The van der Waals surface area contributed by atoms with Gasteiger partial charge in [-0.3, -0.25) is 4.79 Å². The second-order valence-electron chi connectivity index (χ2n) is 6.39. The predicted octanol–water partition coefficient (Wildman–Crippen LogP) is 3.65. The summed E-state index contributed by atoms with van der Waals surface area (Å²) in [6.07, 6.45) is 8.69. The number of esters is 1. The van der Waals surface area contributed by atoms with Crippen LogP contribution in [0.1, 0.15) is 43.5 Å². The minimum absolute atomic E-state index is 0.255. The van der Waals surface area contributed by atoms with Crippen LogP contribution in [0.5, 0.6) is 0 Å². The lowest BCUT2D eigenvalue weighted by Gasteiger charge is -2.20. The Morgan fingerprint density at radius 2 is 1.92 bits per heavy atom. The summed E-state index contributed by atoms with van der Waals surface area (Å²) >= 11 is 0. The number of hydrogen-bond donors (Lipinski definition) is 1. The molecule has 24 heavy (non-hydrogen) atoms. The van der Waals surface area contributed by atoms with Gasteiger partial charge in [0.2, 0.25) is 0 Å². The van der Waals surface area contributed by atoms with E-state index >= 15 is 0 Å².